The number of rotatable bonds is 3. The summed E-state index contributed by atoms with van der Waals surface area (Å²) in [6.45, 7) is 0. The predicted molar refractivity (Wildman–Crippen MR) is 81.7 cm³/mol. The third kappa shape index (κ3) is 2.60. The molecule has 0 aliphatic heterocycles. The van der Waals surface area contributed by atoms with Crippen molar-refractivity contribution in [3.63, 3.8) is 0 Å². The summed E-state index contributed by atoms with van der Waals surface area (Å²) in [6.07, 6.45) is 3.60. The summed E-state index contributed by atoms with van der Waals surface area (Å²) in [5.41, 5.74) is 3.00. The van der Waals surface area contributed by atoms with Gasteiger partial charge in [-0.2, -0.15) is 0 Å². The fraction of sp³-hybridized carbons (Fsp3) is 0.0625. The van der Waals surface area contributed by atoms with Gasteiger partial charge in [0.1, 0.15) is 0 Å². The Labute approximate surface area is 124 Å². The van der Waals surface area contributed by atoms with Crippen molar-refractivity contribution < 1.29 is 4.79 Å². The average Bonchev–Trinajstić information content (AvgIpc) is 2.46. The van der Waals surface area contributed by atoms with Gasteiger partial charge in [0.15, 0.2) is 5.78 Å². The topological polar surface area (TPSA) is 42.9 Å². The van der Waals surface area contributed by atoms with Crippen molar-refractivity contribution in [2.75, 3.05) is 0 Å². The Morgan fingerprint density at radius 1 is 1.05 bits per heavy atom. The normalized spacial score (nSPS) is 10.7. The van der Waals surface area contributed by atoms with Gasteiger partial charge in [-0.3, -0.25) is 14.8 Å². The fourth-order valence-electron chi connectivity index (χ4n) is 2.15. The van der Waals surface area contributed by atoms with Gasteiger partial charge in [0.05, 0.1) is 11.0 Å². The third-order valence-electron chi connectivity index (χ3n) is 3.05. The second kappa shape index (κ2) is 5.51. The van der Waals surface area contributed by atoms with E-state index in [-0.39, 0.29) is 5.78 Å². The molecule has 3 aromatic rings. The summed E-state index contributed by atoms with van der Waals surface area (Å²) >= 11 is 3.41. The second-order valence-corrected chi connectivity index (χ2v) is 5.38. The first-order valence-corrected chi connectivity index (χ1v) is 7.01. The Balaban J connectivity index is 1.97. The van der Waals surface area contributed by atoms with Crippen LogP contribution in [0.4, 0.5) is 0 Å². The number of ketones is 1. The molecule has 0 saturated carbocycles. The molecule has 2 aromatic carbocycles. The first-order chi connectivity index (χ1) is 9.74. The Bertz CT molecular complexity index is 781. The number of halogens is 1. The van der Waals surface area contributed by atoms with Crippen molar-refractivity contribution in [3.8, 4) is 0 Å². The molecule has 98 valence electrons. The monoisotopic (exact) mass is 326 g/mol. The van der Waals surface area contributed by atoms with Gasteiger partial charge in [-0.25, -0.2) is 0 Å². The maximum absolute atomic E-state index is 12.5. The minimum atomic E-state index is 0.0502. The fourth-order valence-corrected chi connectivity index (χ4v) is 2.59. The lowest BCUT2D eigenvalue weighted by Gasteiger charge is -2.05. The van der Waals surface area contributed by atoms with Crippen LogP contribution in [0.15, 0.2) is 59.3 Å². The molecule has 0 unspecified atom stereocenters. The van der Waals surface area contributed by atoms with Crippen molar-refractivity contribution in [2.45, 2.75) is 6.42 Å². The van der Waals surface area contributed by atoms with Crippen LogP contribution in [0.5, 0.6) is 0 Å². The zero-order valence-electron chi connectivity index (χ0n) is 10.6. The van der Waals surface area contributed by atoms with Crippen molar-refractivity contribution in [1.29, 1.82) is 0 Å². The van der Waals surface area contributed by atoms with E-state index in [0.29, 0.717) is 17.5 Å². The molecule has 1 heterocycles. The summed E-state index contributed by atoms with van der Waals surface area (Å²) < 4.78 is 0.973. The van der Waals surface area contributed by atoms with E-state index >= 15 is 0 Å². The van der Waals surface area contributed by atoms with Gasteiger partial charge in [-0.15, -0.1) is 0 Å². The number of carbonyl (C=O) groups is 1. The molecular formula is C16H11BrN2O. The first kappa shape index (κ1) is 12.9. The highest BCUT2D eigenvalue weighted by atomic mass is 79.9. The van der Waals surface area contributed by atoms with Crippen molar-refractivity contribution in [3.05, 3.63) is 70.5 Å². The number of hydrogen-bond donors (Lipinski definition) is 0. The van der Waals surface area contributed by atoms with Gasteiger partial charge >= 0.3 is 0 Å². The van der Waals surface area contributed by atoms with E-state index in [2.05, 4.69) is 25.9 Å². The van der Waals surface area contributed by atoms with Gasteiger partial charge < -0.3 is 0 Å². The molecule has 0 saturated heterocycles. The Kier molecular flexibility index (Phi) is 3.56. The van der Waals surface area contributed by atoms with Crippen LogP contribution in [-0.2, 0) is 6.42 Å². The molecule has 4 heteroatoms. The lowest BCUT2D eigenvalue weighted by Crippen LogP contribution is -2.05. The number of Topliss-reactive ketones (excluding diaryl/α,β-unsaturated/α-hetero) is 1. The largest absolute Gasteiger partial charge is 0.294 e. The lowest BCUT2D eigenvalue weighted by molar-refractivity contribution is 0.0994. The summed E-state index contributed by atoms with van der Waals surface area (Å²) in [6, 6.07) is 13.3. The smallest absolute Gasteiger partial charge is 0.169 e. The van der Waals surface area contributed by atoms with E-state index in [9.17, 15) is 4.79 Å². The van der Waals surface area contributed by atoms with Crippen LogP contribution >= 0.6 is 15.9 Å². The maximum Gasteiger partial charge on any atom is 0.169 e. The zero-order valence-corrected chi connectivity index (χ0v) is 12.2. The first-order valence-electron chi connectivity index (χ1n) is 6.21. The van der Waals surface area contributed by atoms with Crippen molar-refractivity contribution in [2.24, 2.45) is 0 Å². The lowest BCUT2D eigenvalue weighted by atomic mass is 10.0. The Morgan fingerprint density at radius 2 is 1.85 bits per heavy atom. The van der Waals surface area contributed by atoms with Crippen LogP contribution in [0.2, 0.25) is 0 Å². The molecule has 3 rings (SSSR count). The summed E-state index contributed by atoms with van der Waals surface area (Å²) in [4.78, 5) is 20.9. The predicted octanol–water partition coefficient (Wildman–Crippen LogP) is 3.82. The second-order valence-electron chi connectivity index (χ2n) is 4.46. The quantitative estimate of drug-likeness (QED) is 0.687. The van der Waals surface area contributed by atoms with Gasteiger partial charge in [0.2, 0.25) is 0 Å². The number of fused-ring (bicyclic) bond motifs is 1. The average molecular weight is 327 g/mol. The zero-order chi connectivity index (χ0) is 13.9. The molecule has 0 N–H and O–H groups in total. The maximum atomic E-state index is 12.5. The van der Waals surface area contributed by atoms with E-state index in [1.165, 1.54) is 0 Å². The molecule has 0 fully saturated rings. The molecule has 0 bridgehead atoms. The molecule has 0 spiro atoms. The van der Waals surface area contributed by atoms with Crippen molar-refractivity contribution >= 4 is 32.7 Å². The standard InChI is InChI=1S/C16H11BrN2O/c17-12-4-1-3-11(9-12)10-15(20)13-5-2-6-14-16(13)19-8-7-18-14/h1-9H,10H2. The van der Waals surface area contributed by atoms with Crippen LogP contribution in [0, 0.1) is 0 Å². The van der Waals surface area contributed by atoms with E-state index in [1.54, 1.807) is 18.5 Å². The molecule has 3 nitrogen and oxygen atoms in total. The molecule has 0 aliphatic rings. The molecule has 1 aromatic heterocycles. The van der Waals surface area contributed by atoms with Crippen LogP contribution in [-0.4, -0.2) is 15.8 Å². The Hall–Kier alpha value is -2.07. The number of nitrogens with zero attached hydrogens (tertiary/aromatic N) is 2. The van der Waals surface area contributed by atoms with Crippen LogP contribution in [0.1, 0.15) is 15.9 Å². The molecule has 20 heavy (non-hydrogen) atoms. The SMILES string of the molecule is O=C(Cc1cccc(Br)c1)c1cccc2nccnc12. The molecule has 0 aliphatic carbocycles. The summed E-state index contributed by atoms with van der Waals surface area (Å²) in [5, 5.41) is 0. The van der Waals surface area contributed by atoms with Gasteiger partial charge in [-0.1, -0.05) is 34.1 Å². The van der Waals surface area contributed by atoms with Crippen LogP contribution < -0.4 is 0 Å². The highest BCUT2D eigenvalue weighted by molar-refractivity contribution is 9.10. The number of carbonyl (C=O) groups excluding carboxylic acids is 1. The van der Waals surface area contributed by atoms with Gasteiger partial charge in [-0.05, 0) is 29.8 Å². The number of hydrogen-bond acceptors (Lipinski definition) is 3. The minimum Gasteiger partial charge on any atom is -0.294 e. The minimum absolute atomic E-state index is 0.0502. The molecule has 0 radical (unpaired) electrons. The highest BCUT2D eigenvalue weighted by Crippen LogP contribution is 2.18. The van der Waals surface area contributed by atoms with Gasteiger partial charge in [0, 0.05) is 28.9 Å². The van der Waals surface area contributed by atoms with Crippen LogP contribution in [0.3, 0.4) is 0 Å². The van der Waals surface area contributed by atoms with Gasteiger partial charge in [0.25, 0.3) is 0 Å². The third-order valence-corrected chi connectivity index (χ3v) is 3.55. The van der Waals surface area contributed by atoms with E-state index in [0.717, 1.165) is 15.6 Å². The number of para-hydroxylation sites is 1. The van der Waals surface area contributed by atoms with E-state index in [1.807, 2.05) is 36.4 Å². The molecule has 0 atom stereocenters. The van der Waals surface area contributed by atoms with Crippen molar-refractivity contribution in [1.82, 2.24) is 9.97 Å². The number of aromatic nitrogens is 2. The molecule has 0 amide bonds. The highest BCUT2D eigenvalue weighted by Gasteiger charge is 2.12. The summed E-state index contributed by atoms with van der Waals surface area (Å²) in [7, 11) is 0. The van der Waals surface area contributed by atoms with E-state index < -0.39 is 0 Å². The Morgan fingerprint density at radius 3 is 2.70 bits per heavy atom. The summed E-state index contributed by atoms with van der Waals surface area (Å²) in [5.74, 6) is 0.0502. The van der Waals surface area contributed by atoms with Crippen LogP contribution in [0.25, 0.3) is 11.0 Å². The van der Waals surface area contributed by atoms with E-state index in [4.69, 9.17) is 0 Å². The molecular weight excluding hydrogens is 316 g/mol. The number of benzene rings is 2.